The van der Waals surface area contributed by atoms with Gasteiger partial charge >= 0.3 is 0 Å². The Hall–Kier alpha value is -1.03. The first-order chi connectivity index (χ1) is 9.11. The minimum Gasteiger partial charge on any atom is -0.455 e. The summed E-state index contributed by atoms with van der Waals surface area (Å²) in [5.74, 6) is 1.45. The van der Waals surface area contributed by atoms with Crippen molar-refractivity contribution in [2.75, 3.05) is 7.05 Å². The first kappa shape index (κ1) is 14.4. The minimum atomic E-state index is 0.200. The molecule has 19 heavy (non-hydrogen) atoms. The van der Waals surface area contributed by atoms with Crippen molar-refractivity contribution < 1.29 is 4.74 Å². The first-order valence-corrected chi connectivity index (χ1v) is 7.18. The van der Waals surface area contributed by atoms with E-state index in [-0.39, 0.29) is 6.04 Å². The molecular weight excluding hydrogens is 326 g/mol. The molecule has 0 aromatic heterocycles. The van der Waals surface area contributed by atoms with Gasteiger partial charge in [0.1, 0.15) is 11.5 Å². The van der Waals surface area contributed by atoms with Gasteiger partial charge in [0.2, 0.25) is 0 Å². The molecule has 2 rings (SSSR count). The number of hydrogen-bond acceptors (Lipinski definition) is 2. The predicted octanol–water partition coefficient (Wildman–Crippen LogP) is 5.18. The van der Waals surface area contributed by atoms with Crippen LogP contribution in [0.25, 0.3) is 0 Å². The third-order valence-electron chi connectivity index (χ3n) is 2.93. The zero-order valence-electron chi connectivity index (χ0n) is 10.8. The zero-order valence-corrected chi connectivity index (χ0v) is 13.1. The average Bonchev–Trinajstić information content (AvgIpc) is 2.41. The Morgan fingerprint density at radius 3 is 2.58 bits per heavy atom. The molecule has 1 atom stereocenters. The Morgan fingerprint density at radius 1 is 1.16 bits per heavy atom. The van der Waals surface area contributed by atoms with Gasteiger partial charge in [0.25, 0.3) is 0 Å². The molecule has 4 heteroatoms. The van der Waals surface area contributed by atoms with Crippen LogP contribution in [-0.2, 0) is 0 Å². The molecule has 0 aliphatic heterocycles. The molecule has 2 aromatic carbocycles. The second-order valence-electron chi connectivity index (χ2n) is 4.22. The molecular formula is C15H15BrClNO. The molecule has 0 spiro atoms. The monoisotopic (exact) mass is 339 g/mol. The standard InChI is InChI=1S/C15H15BrClNO/c1-10(18-2)12-8-7-11(16)9-15(12)19-14-6-4-3-5-13(14)17/h3-10,18H,1-2H3. The number of para-hydroxylation sites is 1. The summed E-state index contributed by atoms with van der Waals surface area (Å²) < 4.78 is 6.92. The van der Waals surface area contributed by atoms with E-state index in [1.165, 1.54) is 0 Å². The number of benzene rings is 2. The van der Waals surface area contributed by atoms with E-state index in [9.17, 15) is 0 Å². The Morgan fingerprint density at radius 2 is 1.89 bits per heavy atom. The molecule has 0 fully saturated rings. The van der Waals surface area contributed by atoms with Crippen molar-refractivity contribution in [2.24, 2.45) is 0 Å². The van der Waals surface area contributed by atoms with Crippen molar-refractivity contribution >= 4 is 27.5 Å². The third kappa shape index (κ3) is 3.50. The SMILES string of the molecule is CNC(C)c1ccc(Br)cc1Oc1ccccc1Cl. The second-order valence-corrected chi connectivity index (χ2v) is 5.55. The lowest BCUT2D eigenvalue weighted by atomic mass is 10.1. The summed E-state index contributed by atoms with van der Waals surface area (Å²) in [5, 5.41) is 3.82. The highest BCUT2D eigenvalue weighted by atomic mass is 79.9. The number of ether oxygens (including phenoxy) is 1. The Labute approximate surface area is 126 Å². The van der Waals surface area contributed by atoms with Crippen molar-refractivity contribution in [2.45, 2.75) is 13.0 Å². The van der Waals surface area contributed by atoms with Gasteiger partial charge in [0, 0.05) is 16.1 Å². The molecule has 1 unspecified atom stereocenters. The third-order valence-corrected chi connectivity index (χ3v) is 3.74. The molecule has 0 heterocycles. The summed E-state index contributed by atoms with van der Waals surface area (Å²) in [6.45, 7) is 2.09. The number of hydrogen-bond donors (Lipinski definition) is 1. The zero-order chi connectivity index (χ0) is 13.8. The van der Waals surface area contributed by atoms with E-state index in [0.717, 1.165) is 15.8 Å². The van der Waals surface area contributed by atoms with Crippen molar-refractivity contribution in [3.63, 3.8) is 0 Å². The van der Waals surface area contributed by atoms with Crippen LogP contribution in [0.5, 0.6) is 11.5 Å². The number of nitrogens with one attached hydrogen (secondary N) is 1. The maximum atomic E-state index is 6.13. The van der Waals surface area contributed by atoms with Gasteiger partial charge in [-0.25, -0.2) is 0 Å². The molecule has 0 saturated heterocycles. The van der Waals surface area contributed by atoms with E-state index in [1.807, 2.05) is 49.5 Å². The fraction of sp³-hybridized carbons (Fsp3) is 0.200. The lowest BCUT2D eigenvalue weighted by Gasteiger charge is -2.17. The topological polar surface area (TPSA) is 21.3 Å². The number of halogens is 2. The Kier molecular flexibility index (Phi) is 4.86. The largest absolute Gasteiger partial charge is 0.455 e. The van der Waals surface area contributed by atoms with E-state index in [4.69, 9.17) is 16.3 Å². The smallest absolute Gasteiger partial charge is 0.146 e. The van der Waals surface area contributed by atoms with E-state index in [1.54, 1.807) is 0 Å². The van der Waals surface area contributed by atoms with Gasteiger partial charge in [-0.2, -0.15) is 0 Å². The minimum absolute atomic E-state index is 0.200. The Balaban J connectivity index is 2.38. The molecule has 1 N–H and O–H groups in total. The molecule has 100 valence electrons. The summed E-state index contributed by atoms with van der Waals surface area (Å²) in [6.07, 6.45) is 0. The van der Waals surface area contributed by atoms with Gasteiger partial charge < -0.3 is 10.1 Å². The van der Waals surface area contributed by atoms with Gasteiger partial charge in [-0.1, -0.05) is 45.7 Å². The van der Waals surface area contributed by atoms with Gasteiger partial charge in [-0.15, -0.1) is 0 Å². The fourth-order valence-electron chi connectivity index (χ4n) is 1.76. The molecule has 2 nitrogen and oxygen atoms in total. The summed E-state index contributed by atoms with van der Waals surface area (Å²) in [6, 6.07) is 13.7. The molecule has 0 aliphatic rings. The predicted molar refractivity (Wildman–Crippen MR) is 83.1 cm³/mol. The van der Waals surface area contributed by atoms with E-state index in [0.29, 0.717) is 10.8 Å². The summed E-state index contributed by atoms with van der Waals surface area (Å²) in [5.41, 5.74) is 1.09. The fourth-order valence-corrected chi connectivity index (χ4v) is 2.27. The van der Waals surface area contributed by atoms with Crippen LogP contribution < -0.4 is 10.1 Å². The lowest BCUT2D eigenvalue weighted by molar-refractivity contribution is 0.466. The van der Waals surface area contributed by atoms with Crippen LogP contribution in [0.2, 0.25) is 5.02 Å². The van der Waals surface area contributed by atoms with Gasteiger partial charge in [-0.3, -0.25) is 0 Å². The van der Waals surface area contributed by atoms with Crippen LogP contribution in [0.4, 0.5) is 0 Å². The van der Waals surface area contributed by atoms with Crippen molar-refractivity contribution in [1.82, 2.24) is 5.32 Å². The van der Waals surface area contributed by atoms with Gasteiger partial charge in [0.15, 0.2) is 0 Å². The highest BCUT2D eigenvalue weighted by Gasteiger charge is 2.12. The van der Waals surface area contributed by atoms with Crippen LogP contribution in [0.15, 0.2) is 46.9 Å². The number of rotatable bonds is 4. The van der Waals surface area contributed by atoms with E-state index in [2.05, 4.69) is 28.2 Å². The van der Waals surface area contributed by atoms with Crippen molar-refractivity contribution in [3.05, 3.63) is 57.5 Å². The van der Waals surface area contributed by atoms with Crippen LogP contribution >= 0.6 is 27.5 Å². The molecule has 0 bridgehead atoms. The average molecular weight is 341 g/mol. The van der Waals surface area contributed by atoms with Gasteiger partial charge in [-0.05, 0) is 38.2 Å². The highest BCUT2D eigenvalue weighted by Crippen LogP contribution is 2.35. The van der Waals surface area contributed by atoms with E-state index < -0.39 is 0 Å². The lowest BCUT2D eigenvalue weighted by Crippen LogP contribution is -2.13. The van der Waals surface area contributed by atoms with Crippen molar-refractivity contribution in [1.29, 1.82) is 0 Å². The van der Waals surface area contributed by atoms with Crippen LogP contribution in [0.3, 0.4) is 0 Å². The normalized spacial score (nSPS) is 12.2. The van der Waals surface area contributed by atoms with Crippen molar-refractivity contribution in [3.8, 4) is 11.5 Å². The summed E-state index contributed by atoms with van der Waals surface area (Å²) in [7, 11) is 1.92. The first-order valence-electron chi connectivity index (χ1n) is 6.01. The molecule has 0 radical (unpaired) electrons. The van der Waals surface area contributed by atoms with E-state index >= 15 is 0 Å². The molecule has 0 saturated carbocycles. The second kappa shape index (κ2) is 6.42. The Bertz CT molecular complexity index is 574. The summed E-state index contributed by atoms with van der Waals surface area (Å²) >= 11 is 9.59. The summed E-state index contributed by atoms with van der Waals surface area (Å²) in [4.78, 5) is 0. The maximum absolute atomic E-state index is 6.13. The van der Waals surface area contributed by atoms with Gasteiger partial charge in [0.05, 0.1) is 5.02 Å². The van der Waals surface area contributed by atoms with Crippen LogP contribution in [0.1, 0.15) is 18.5 Å². The molecule has 0 aliphatic carbocycles. The maximum Gasteiger partial charge on any atom is 0.146 e. The molecule has 2 aromatic rings. The highest BCUT2D eigenvalue weighted by molar-refractivity contribution is 9.10. The van der Waals surface area contributed by atoms with Crippen LogP contribution in [-0.4, -0.2) is 7.05 Å². The van der Waals surface area contributed by atoms with Crippen LogP contribution in [0, 0.1) is 0 Å². The quantitative estimate of drug-likeness (QED) is 0.828. The molecule has 0 amide bonds.